The van der Waals surface area contributed by atoms with Crippen LogP contribution in [-0.2, 0) is 11.3 Å². The molecule has 0 unspecified atom stereocenters. The van der Waals surface area contributed by atoms with Crippen molar-refractivity contribution in [1.29, 1.82) is 0 Å². The smallest absolute Gasteiger partial charge is 0.373 e. The third-order valence-electron chi connectivity index (χ3n) is 3.64. The van der Waals surface area contributed by atoms with Crippen molar-refractivity contribution < 1.29 is 23.5 Å². The molecule has 1 heterocycles. The number of esters is 1. The van der Waals surface area contributed by atoms with Crippen LogP contribution in [0.2, 0.25) is 5.02 Å². The average molecular weight is 386 g/mol. The molecule has 1 N–H and O–H groups in total. The lowest BCUT2D eigenvalue weighted by molar-refractivity contribution is 0.0561. The Morgan fingerprint density at radius 1 is 1.07 bits per heavy atom. The number of methoxy groups -OCH3 is 1. The molecule has 27 heavy (non-hydrogen) atoms. The Hall–Kier alpha value is -3.25. The number of halogens is 1. The molecule has 0 spiro atoms. The number of rotatable bonds is 6. The minimum Gasteiger partial charge on any atom is -0.485 e. The molecule has 0 aliphatic rings. The Morgan fingerprint density at radius 3 is 2.59 bits per heavy atom. The van der Waals surface area contributed by atoms with Crippen LogP contribution in [0.3, 0.4) is 0 Å². The number of benzene rings is 2. The molecule has 138 valence electrons. The standard InChI is InChI=1S/C20H16ClNO5/c1-25-20(24)18-10-8-15(27-18)12-26-17-9-7-13(21)11-16(17)19(23)22-14-5-3-2-4-6-14/h2-11H,12H2,1H3,(H,22,23). The zero-order chi connectivity index (χ0) is 19.2. The summed E-state index contributed by atoms with van der Waals surface area (Å²) < 4.78 is 15.6. The number of hydrogen-bond donors (Lipinski definition) is 1. The van der Waals surface area contributed by atoms with Crippen LogP contribution in [0.5, 0.6) is 5.75 Å². The van der Waals surface area contributed by atoms with Crippen LogP contribution in [0.25, 0.3) is 0 Å². The highest BCUT2D eigenvalue weighted by Gasteiger charge is 2.16. The number of anilines is 1. The van der Waals surface area contributed by atoms with Gasteiger partial charge in [-0.05, 0) is 42.5 Å². The van der Waals surface area contributed by atoms with E-state index in [1.54, 1.807) is 30.3 Å². The van der Waals surface area contributed by atoms with E-state index in [2.05, 4.69) is 10.1 Å². The highest BCUT2D eigenvalue weighted by molar-refractivity contribution is 6.31. The maximum atomic E-state index is 12.6. The van der Waals surface area contributed by atoms with Crippen LogP contribution >= 0.6 is 11.6 Å². The van der Waals surface area contributed by atoms with Crippen LogP contribution in [0.1, 0.15) is 26.7 Å². The molecular formula is C20H16ClNO5. The molecule has 0 saturated carbocycles. The van der Waals surface area contributed by atoms with E-state index < -0.39 is 5.97 Å². The zero-order valence-electron chi connectivity index (χ0n) is 14.4. The molecule has 2 aromatic carbocycles. The summed E-state index contributed by atoms with van der Waals surface area (Å²) in [6, 6.07) is 16.9. The van der Waals surface area contributed by atoms with Gasteiger partial charge in [0.25, 0.3) is 5.91 Å². The fourth-order valence-corrected chi connectivity index (χ4v) is 2.51. The summed E-state index contributed by atoms with van der Waals surface area (Å²) in [5.41, 5.74) is 0.938. The van der Waals surface area contributed by atoms with Gasteiger partial charge >= 0.3 is 5.97 Å². The van der Waals surface area contributed by atoms with E-state index in [0.29, 0.717) is 22.2 Å². The predicted molar refractivity (Wildman–Crippen MR) is 100 cm³/mol. The average Bonchev–Trinajstić information content (AvgIpc) is 3.16. The number of ether oxygens (including phenoxy) is 2. The molecule has 1 amide bonds. The van der Waals surface area contributed by atoms with Gasteiger partial charge in [0.1, 0.15) is 18.1 Å². The second kappa shape index (κ2) is 8.42. The Balaban J connectivity index is 1.75. The van der Waals surface area contributed by atoms with E-state index in [0.717, 1.165) is 0 Å². The molecule has 7 heteroatoms. The largest absolute Gasteiger partial charge is 0.485 e. The number of hydrogen-bond acceptors (Lipinski definition) is 5. The van der Waals surface area contributed by atoms with E-state index >= 15 is 0 Å². The number of furan rings is 1. The highest BCUT2D eigenvalue weighted by atomic mass is 35.5. The van der Waals surface area contributed by atoms with Crippen LogP contribution in [0.4, 0.5) is 5.69 Å². The van der Waals surface area contributed by atoms with Crippen LogP contribution in [0.15, 0.2) is 65.1 Å². The zero-order valence-corrected chi connectivity index (χ0v) is 15.2. The second-order valence-electron chi connectivity index (χ2n) is 5.51. The first kappa shape index (κ1) is 18.5. The minimum absolute atomic E-state index is 0.0320. The van der Waals surface area contributed by atoms with E-state index in [-0.39, 0.29) is 23.8 Å². The number of carbonyl (C=O) groups excluding carboxylic acids is 2. The molecule has 1 aromatic heterocycles. The van der Waals surface area contributed by atoms with Gasteiger partial charge in [0, 0.05) is 10.7 Å². The summed E-state index contributed by atoms with van der Waals surface area (Å²) in [6.45, 7) is 0.0320. The fraction of sp³-hybridized carbons (Fsp3) is 0.100. The lowest BCUT2D eigenvalue weighted by Gasteiger charge is -2.11. The maximum Gasteiger partial charge on any atom is 0.373 e. The molecule has 0 aliphatic carbocycles. The van der Waals surface area contributed by atoms with Crippen molar-refractivity contribution in [2.75, 3.05) is 12.4 Å². The second-order valence-corrected chi connectivity index (χ2v) is 5.94. The summed E-state index contributed by atoms with van der Waals surface area (Å²) in [4.78, 5) is 24.0. The molecule has 3 aromatic rings. The number of para-hydroxylation sites is 1. The lowest BCUT2D eigenvalue weighted by atomic mass is 10.2. The van der Waals surface area contributed by atoms with E-state index in [1.807, 2.05) is 18.2 Å². The fourth-order valence-electron chi connectivity index (χ4n) is 2.34. The van der Waals surface area contributed by atoms with E-state index in [9.17, 15) is 9.59 Å². The third-order valence-corrected chi connectivity index (χ3v) is 3.87. The van der Waals surface area contributed by atoms with Crippen molar-refractivity contribution in [1.82, 2.24) is 0 Å². The number of amides is 1. The summed E-state index contributed by atoms with van der Waals surface area (Å²) >= 11 is 6.03. The summed E-state index contributed by atoms with van der Waals surface area (Å²) in [5, 5.41) is 3.20. The maximum absolute atomic E-state index is 12.6. The van der Waals surface area contributed by atoms with Gasteiger partial charge in [-0.1, -0.05) is 29.8 Å². The van der Waals surface area contributed by atoms with Crippen LogP contribution in [-0.4, -0.2) is 19.0 Å². The Kier molecular flexibility index (Phi) is 5.78. The van der Waals surface area contributed by atoms with Gasteiger partial charge in [0.05, 0.1) is 12.7 Å². The summed E-state index contributed by atoms with van der Waals surface area (Å²) in [7, 11) is 1.27. The highest BCUT2D eigenvalue weighted by Crippen LogP contribution is 2.25. The molecule has 6 nitrogen and oxygen atoms in total. The normalized spacial score (nSPS) is 10.3. The van der Waals surface area contributed by atoms with E-state index in [1.165, 1.54) is 19.2 Å². The Bertz CT molecular complexity index is 952. The molecular weight excluding hydrogens is 370 g/mol. The predicted octanol–water partition coefficient (Wildman–Crippen LogP) is 4.55. The van der Waals surface area contributed by atoms with Crippen molar-refractivity contribution in [3.8, 4) is 5.75 Å². The SMILES string of the molecule is COC(=O)c1ccc(COc2ccc(Cl)cc2C(=O)Nc2ccccc2)o1. The van der Waals surface area contributed by atoms with Gasteiger partial charge in [0.2, 0.25) is 5.76 Å². The van der Waals surface area contributed by atoms with Crippen LogP contribution < -0.4 is 10.1 Å². The van der Waals surface area contributed by atoms with Gasteiger partial charge < -0.3 is 19.2 Å². The lowest BCUT2D eigenvalue weighted by Crippen LogP contribution is -2.13. The summed E-state index contributed by atoms with van der Waals surface area (Å²) in [6.07, 6.45) is 0. The van der Waals surface area contributed by atoms with Gasteiger partial charge in [0.15, 0.2) is 0 Å². The molecule has 0 atom stereocenters. The first-order chi connectivity index (χ1) is 13.1. The van der Waals surface area contributed by atoms with Gasteiger partial charge in [-0.15, -0.1) is 0 Å². The molecule has 0 saturated heterocycles. The van der Waals surface area contributed by atoms with Crippen LogP contribution in [0, 0.1) is 0 Å². The minimum atomic E-state index is -0.573. The van der Waals surface area contributed by atoms with Gasteiger partial charge in [-0.3, -0.25) is 4.79 Å². The first-order valence-corrected chi connectivity index (χ1v) is 8.40. The quantitative estimate of drug-likeness (QED) is 0.630. The van der Waals surface area contributed by atoms with E-state index in [4.69, 9.17) is 20.8 Å². The monoisotopic (exact) mass is 385 g/mol. The number of carbonyl (C=O) groups is 2. The number of nitrogens with one attached hydrogen (secondary N) is 1. The Labute approximate surface area is 160 Å². The Morgan fingerprint density at radius 2 is 1.85 bits per heavy atom. The van der Waals surface area contributed by atoms with Crippen molar-refractivity contribution >= 4 is 29.2 Å². The summed E-state index contributed by atoms with van der Waals surface area (Å²) in [5.74, 6) is -0.0954. The van der Waals surface area contributed by atoms with Crippen molar-refractivity contribution in [2.45, 2.75) is 6.61 Å². The molecule has 0 aliphatic heterocycles. The third kappa shape index (κ3) is 4.68. The first-order valence-electron chi connectivity index (χ1n) is 8.02. The molecule has 0 radical (unpaired) electrons. The van der Waals surface area contributed by atoms with Crippen molar-refractivity contribution in [2.24, 2.45) is 0 Å². The molecule has 0 fully saturated rings. The van der Waals surface area contributed by atoms with Crippen molar-refractivity contribution in [3.63, 3.8) is 0 Å². The van der Waals surface area contributed by atoms with Gasteiger partial charge in [-0.25, -0.2) is 4.79 Å². The molecule has 3 rings (SSSR count). The van der Waals surface area contributed by atoms with Crippen molar-refractivity contribution in [3.05, 3.63) is 82.8 Å². The topological polar surface area (TPSA) is 77.8 Å². The molecule has 0 bridgehead atoms. The van der Waals surface area contributed by atoms with Gasteiger partial charge in [-0.2, -0.15) is 0 Å².